The number of carbonyl (C=O) groups is 1. The molecule has 2 aromatic heterocycles. The molecule has 1 amide bonds. The third-order valence-corrected chi connectivity index (χ3v) is 6.78. The summed E-state index contributed by atoms with van der Waals surface area (Å²) in [7, 11) is -3.72. The van der Waals surface area contributed by atoms with Gasteiger partial charge in [0, 0.05) is 24.7 Å². The van der Waals surface area contributed by atoms with E-state index in [2.05, 4.69) is 15.5 Å². The van der Waals surface area contributed by atoms with Gasteiger partial charge < -0.3 is 9.84 Å². The Morgan fingerprint density at radius 1 is 1.46 bits per heavy atom. The van der Waals surface area contributed by atoms with Gasteiger partial charge in [-0.25, -0.2) is 13.4 Å². The highest BCUT2D eigenvalue weighted by atomic mass is 32.2. The van der Waals surface area contributed by atoms with Gasteiger partial charge in [0.1, 0.15) is 10.6 Å². The van der Waals surface area contributed by atoms with E-state index >= 15 is 0 Å². The van der Waals surface area contributed by atoms with Gasteiger partial charge in [-0.3, -0.25) is 4.79 Å². The van der Waals surface area contributed by atoms with Crippen LogP contribution in [0.3, 0.4) is 0 Å². The molecule has 0 aromatic carbocycles. The zero-order valence-corrected chi connectivity index (χ0v) is 15.0. The van der Waals surface area contributed by atoms with Crippen molar-refractivity contribution >= 4 is 32.4 Å². The zero-order chi connectivity index (χ0) is 17.3. The van der Waals surface area contributed by atoms with Crippen molar-refractivity contribution in [2.24, 2.45) is 5.92 Å². The van der Waals surface area contributed by atoms with E-state index in [0.29, 0.717) is 30.2 Å². The van der Waals surface area contributed by atoms with Crippen molar-refractivity contribution in [2.45, 2.75) is 31.6 Å². The van der Waals surface area contributed by atoms with Crippen molar-refractivity contribution in [2.75, 3.05) is 18.4 Å². The predicted octanol–water partition coefficient (Wildman–Crippen LogP) is 1.79. The lowest BCUT2D eigenvalue weighted by Gasteiger charge is -2.30. The second-order valence-electron chi connectivity index (χ2n) is 5.68. The van der Waals surface area contributed by atoms with Crippen LogP contribution in [-0.4, -0.2) is 41.9 Å². The number of sulfonamides is 1. The highest BCUT2D eigenvalue weighted by molar-refractivity contribution is 7.89. The van der Waals surface area contributed by atoms with Gasteiger partial charge in [0.05, 0.1) is 5.92 Å². The molecule has 1 atom stereocenters. The molecule has 1 N–H and O–H groups in total. The molecule has 8 nitrogen and oxygen atoms in total. The molecule has 0 aliphatic carbocycles. The van der Waals surface area contributed by atoms with Gasteiger partial charge in [-0.1, -0.05) is 5.16 Å². The van der Waals surface area contributed by atoms with Crippen LogP contribution >= 0.6 is 11.3 Å². The number of amides is 1. The molecule has 1 aliphatic rings. The largest absolute Gasteiger partial charge is 0.360 e. The van der Waals surface area contributed by atoms with Crippen LogP contribution in [0.5, 0.6) is 0 Å². The second kappa shape index (κ2) is 6.61. The third-order valence-electron chi connectivity index (χ3n) is 3.98. The van der Waals surface area contributed by atoms with E-state index in [4.69, 9.17) is 4.52 Å². The van der Waals surface area contributed by atoms with Crippen LogP contribution in [0, 0.1) is 19.8 Å². The minimum absolute atomic E-state index is 0.100. The first-order valence-electron chi connectivity index (χ1n) is 7.53. The zero-order valence-electron chi connectivity index (χ0n) is 13.4. The van der Waals surface area contributed by atoms with E-state index in [0.717, 1.165) is 0 Å². The fraction of sp³-hybridized carbons (Fsp3) is 0.500. The lowest BCUT2D eigenvalue weighted by Crippen LogP contribution is -2.43. The lowest BCUT2D eigenvalue weighted by molar-refractivity contribution is -0.120. The minimum atomic E-state index is -3.72. The van der Waals surface area contributed by atoms with E-state index in [-0.39, 0.29) is 23.1 Å². The molecule has 0 unspecified atom stereocenters. The average Bonchev–Trinajstić information content (AvgIpc) is 3.17. The molecule has 3 heterocycles. The topological polar surface area (TPSA) is 105 Å². The number of nitrogens with one attached hydrogen (secondary N) is 1. The van der Waals surface area contributed by atoms with Crippen LogP contribution < -0.4 is 5.32 Å². The number of carbonyl (C=O) groups excluding carboxylic acids is 1. The van der Waals surface area contributed by atoms with Crippen molar-refractivity contribution in [1.29, 1.82) is 0 Å². The second-order valence-corrected chi connectivity index (χ2v) is 8.45. The summed E-state index contributed by atoms with van der Waals surface area (Å²) < 4.78 is 32.0. The number of hydrogen-bond donors (Lipinski definition) is 1. The Kier molecular flexibility index (Phi) is 4.70. The Hall–Kier alpha value is -1.78. The van der Waals surface area contributed by atoms with Crippen LogP contribution in [0.2, 0.25) is 0 Å². The number of thiazole rings is 1. The summed E-state index contributed by atoms with van der Waals surface area (Å²) in [5.41, 5.74) is 0.335. The number of piperidine rings is 1. The Balaban J connectivity index is 1.77. The molecule has 2 aromatic rings. The molecule has 1 aliphatic heterocycles. The van der Waals surface area contributed by atoms with Gasteiger partial charge in [-0.05, 0) is 26.7 Å². The van der Waals surface area contributed by atoms with Crippen molar-refractivity contribution < 1.29 is 17.7 Å². The molecule has 0 bridgehead atoms. The fourth-order valence-electron chi connectivity index (χ4n) is 2.84. The number of aryl methyl sites for hydroxylation is 2. The molecule has 1 saturated heterocycles. The van der Waals surface area contributed by atoms with Gasteiger partial charge in [0.15, 0.2) is 10.9 Å². The highest BCUT2D eigenvalue weighted by Gasteiger charge is 2.36. The van der Waals surface area contributed by atoms with Crippen LogP contribution in [-0.2, 0) is 14.8 Å². The summed E-state index contributed by atoms with van der Waals surface area (Å²) >= 11 is 1.33. The summed E-state index contributed by atoms with van der Waals surface area (Å²) in [4.78, 5) is 16.5. The number of rotatable bonds is 4. The van der Waals surface area contributed by atoms with Crippen LogP contribution in [0.25, 0.3) is 0 Å². The van der Waals surface area contributed by atoms with E-state index in [9.17, 15) is 13.2 Å². The highest BCUT2D eigenvalue weighted by Crippen LogP contribution is 2.28. The Morgan fingerprint density at radius 2 is 2.25 bits per heavy atom. The van der Waals surface area contributed by atoms with E-state index in [1.54, 1.807) is 25.4 Å². The lowest BCUT2D eigenvalue weighted by atomic mass is 9.99. The normalized spacial score (nSPS) is 19.3. The number of aromatic nitrogens is 2. The molecular weight excluding hydrogens is 352 g/mol. The number of hydrogen-bond acceptors (Lipinski definition) is 7. The van der Waals surface area contributed by atoms with Gasteiger partial charge in [-0.2, -0.15) is 4.31 Å². The van der Waals surface area contributed by atoms with Crippen LogP contribution in [0.1, 0.15) is 24.3 Å². The maximum absolute atomic E-state index is 12.9. The predicted molar refractivity (Wildman–Crippen MR) is 88.2 cm³/mol. The molecule has 1 fully saturated rings. The van der Waals surface area contributed by atoms with Crippen molar-refractivity contribution in [3.63, 3.8) is 0 Å². The summed E-state index contributed by atoms with van der Waals surface area (Å²) in [6.07, 6.45) is 2.87. The molecular formula is C14H18N4O4S2. The van der Waals surface area contributed by atoms with E-state index in [1.165, 1.54) is 15.6 Å². The molecule has 0 radical (unpaired) electrons. The molecule has 130 valence electrons. The minimum Gasteiger partial charge on any atom is -0.360 e. The van der Waals surface area contributed by atoms with Gasteiger partial charge in [0.25, 0.3) is 0 Å². The third kappa shape index (κ3) is 3.21. The van der Waals surface area contributed by atoms with E-state index in [1.807, 2.05) is 0 Å². The first-order valence-corrected chi connectivity index (χ1v) is 9.85. The van der Waals surface area contributed by atoms with Gasteiger partial charge in [0.2, 0.25) is 15.9 Å². The van der Waals surface area contributed by atoms with Gasteiger partial charge >= 0.3 is 0 Å². The average molecular weight is 370 g/mol. The van der Waals surface area contributed by atoms with E-state index < -0.39 is 15.9 Å². The smallest absolute Gasteiger partial charge is 0.248 e. The summed E-state index contributed by atoms with van der Waals surface area (Å²) in [6, 6.07) is 0. The van der Waals surface area contributed by atoms with Crippen molar-refractivity contribution in [3.8, 4) is 0 Å². The van der Waals surface area contributed by atoms with Crippen LogP contribution in [0.4, 0.5) is 5.13 Å². The number of anilines is 1. The van der Waals surface area contributed by atoms with Gasteiger partial charge in [-0.15, -0.1) is 11.3 Å². The summed E-state index contributed by atoms with van der Waals surface area (Å²) in [6.45, 7) is 3.69. The fourth-order valence-corrected chi connectivity index (χ4v) is 5.19. The van der Waals surface area contributed by atoms with Crippen molar-refractivity contribution in [3.05, 3.63) is 23.0 Å². The molecule has 24 heavy (non-hydrogen) atoms. The quantitative estimate of drug-likeness (QED) is 0.879. The first-order chi connectivity index (χ1) is 11.4. The monoisotopic (exact) mass is 370 g/mol. The van der Waals surface area contributed by atoms with Crippen LogP contribution in [0.15, 0.2) is 21.0 Å². The molecule has 10 heteroatoms. The number of nitrogens with zero attached hydrogens (tertiary/aromatic N) is 3. The molecule has 3 rings (SSSR count). The van der Waals surface area contributed by atoms with Crippen molar-refractivity contribution in [1.82, 2.24) is 14.4 Å². The Bertz CT molecular complexity index is 810. The Morgan fingerprint density at radius 3 is 2.88 bits per heavy atom. The molecule has 0 spiro atoms. The maximum Gasteiger partial charge on any atom is 0.248 e. The summed E-state index contributed by atoms with van der Waals surface area (Å²) in [5, 5.41) is 8.74. The first kappa shape index (κ1) is 17.1. The maximum atomic E-state index is 12.9. The summed E-state index contributed by atoms with van der Waals surface area (Å²) in [5.74, 6) is -0.344. The SMILES string of the molecule is Cc1noc(C)c1S(=O)(=O)N1CCC[C@H](C(=O)Nc2nccs2)C1. The molecule has 0 saturated carbocycles. The Labute approximate surface area is 143 Å². The standard InChI is InChI=1S/C14H18N4O4S2/c1-9-12(10(2)22-17-9)24(20,21)18-6-3-4-11(8-18)13(19)16-14-15-5-7-23-14/h5,7,11H,3-4,6,8H2,1-2H3,(H,15,16,19)/t11-/m0/s1.